The molecule has 3 nitrogen and oxygen atoms in total. The van der Waals surface area contributed by atoms with Crippen LogP contribution in [0.15, 0.2) is 18.2 Å². The van der Waals surface area contributed by atoms with E-state index in [4.69, 9.17) is 27.9 Å². The fourth-order valence-electron chi connectivity index (χ4n) is 3.75. The Morgan fingerprint density at radius 2 is 1.55 bits per heavy atom. The van der Waals surface area contributed by atoms with E-state index in [0.717, 1.165) is 18.4 Å². The molecule has 1 rings (SSSR count). The minimum atomic E-state index is -0.188. The van der Waals surface area contributed by atoms with Crippen molar-refractivity contribution >= 4 is 29.2 Å². The average molecular weight is 445 g/mol. The summed E-state index contributed by atoms with van der Waals surface area (Å²) in [5.74, 6) is -0.104. The van der Waals surface area contributed by atoms with Crippen LogP contribution in [-0.2, 0) is 16.1 Å². The van der Waals surface area contributed by atoms with E-state index in [1.54, 1.807) is 0 Å². The number of esters is 1. The van der Waals surface area contributed by atoms with Crippen LogP contribution in [0.5, 0.6) is 0 Å². The number of nitrogens with zero attached hydrogens (tertiary/aromatic N) is 1. The molecule has 0 heterocycles. The molecule has 29 heavy (non-hydrogen) atoms. The molecule has 1 aromatic carbocycles. The highest BCUT2D eigenvalue weighted by Gasteiger charge is 2.36. The lowest BCUT2D eigenvalue weighted by Crippen LogP contribution is -2.53. The largest absolute Gasteiger partial charge is 0.459 e. The standard InChI is InChI=1S/C24H40Cl2NO2/c1-6-7-8-9-10-11-12-13-14-23(24(28)29-19(2)3)27(4,5)18-20-15-16-21(25)22(26)17-20/h15-17,19,23H,6-14,18H2,1-5H3/q+1. The lowest BCUT2D eigenvalue weighted by Gasteiger charge is -2.37. The van der Waals surface area contributed by atoms with E-state index in [0.29, 0.717) is 21.1 Å². The van der Waals surface area contributed by atoms with E-state index in [2.05, 4.69) is 21.0 Å². The van der Waals surface area contributed by atoms with Crippen LogP contribution in [0.2, 0.25) is 10.0 Å². The third-order valence-electron chi connectivity index (χ3n) is 5.37. The number of carbonyl (C=O) groups excluding carboxylic acids is 1. The quantitative estimate of drug-likeness (QED) is 0.169. The van der Waals surface area contributed by atoms with Gasteiger partial charge in [0.05, 0.1) is 30.2 Å². The molecule has 0 saturated carbocycles. The van der Waals surface area contributed by atoms with Crippen molar-refractivity contribution in [2.45, 2.75) is 97.2 Å². The number of benzene rings is 1. The molecule has 0 amide bonds. The highest BCUT2D eigenvalue weighted by molar-refractivity contribution is 6.42. The second kappa shape index (κ2) is 13.5. The third kappa shape index (κ3) is 10.2. The van der Waals surface area contributed by atoms with Crippen molar-refractivity contribution in [1.29, 1.82) is 0 Å². The molecule has 0 fully saturated rings. The lowest BCUT2D eigenvalue weighted by molar-refractivity contribution is -0.920. The Morgan fingerprint density at radius 3 is 2.10 bits per heavy atom. The molecular formula is C24H40Cl2NO2+. The zero-order chi connectivity index (χ0) is 21.9. The van der Waals surface area contributed by atoms with Gasteiger partial charge < -0.3 is 9.22 Å². The van der Waals surface area contributed by atoms with Crippen LogP contribution >= 0.6 is 23.2 Å². The molecule has 1 unspecified atom stereocenters. The van der Waals surface area contributed by atoms with Crippen molar-refractivity contribution in [2.24, 2.45) is 0 Å². The number of carbonyl (C=O) groups is 1. The van der Waals surface area contributed by atoms with Gasteiger partial charge in [0, 0.05) is 12.0 Å². The molecule has 0 spiro atoms. The maximum absolute atomic E-state index is 12.9. The van der Waals surface area contributed by atoms with Gasteiger partial charge in [-0.3, -0.25) is 0 Å². The number of hydrogen-bond donors (Lipinski definition) is 0. The maximum atomic E-state index is 12.9. The van der Waals surface area contributed by atoms with Crippen LogP contribution in [0.3, 0.4) is 0 Å². The number of rotatable bonds is 14. The Hall–Kier alpha value is -0.770. The molecule has 0 aliphatic rings. The number of hydrogen-bond acceptors (Lipinski definition) is 2. The van der Waals surface area contributed by atoms with E-state index in [1.165, 1.54) is 44.9 Å². The first-order valence-corrected chi connectivity index (χ1v) is 11.9. The predicted molar refractivity (Wildman–Crippen MR) is 125 cm³/mol. The normalized spacial score (nSPS) is 13.0. The van der Waals surface area contributed by atoms with Gasteiger partial charge in [0.15, 0.2) is 6.04 Å². The van der Waals surface area contributed by atoms with Crippen molar-refractivity contribution in [1.82, 2.24) is 0 Å². The fraction of sp³-hybridized carbons (Fsp3) is 0.708. The van der Waals surface area contributed by atoms with Gasteiger partial charge in [-0.05, 0) is 32.4 Å². The van der Waals surface area contributed by atoms with Gasteiger partial charge in [-0.1, -0.05) is 81.1 Å². The smallest absolute Gasteiger partial charge is 0.365 e. The van der Waals surface area contributed by atoms with Crippen LogP contribution in [0.25, 0.3) is 0 Å². The molecule has 1 atom stereocenters. The van der Waals surface area contributed by atoms with Gasteiger partial charge in [0.25, 0.3) is 0 Å². The highest BCUT2D eigenvalue weighted by Crippen LogP contribution is 2.26. The number of ether oxygens (including phenoxy) is 1. The first kappa shape index (κ1) is 26.3. The Kier molecular flexibility index (Phi) is 12.2. The maximum Gasteiger partial charge on any atom is 0.365 e. The molecule has 0 aliphatic heterocycles. The van der Waals surface area contributed by atoms with Gasteiger partial charge in [0.1, 0.15) is 6.54 Å². The molecule has 0 aromatic heterocycles. The predicted octanol–water partition coefficient (Wildman–Crippen LogP) is 7.42. The summed E-state index contributed by atoms with van der Waals surface area (Å²) in [6, 6.07) is 5.51. The average Bonchev–Trinajstić information content (AvgIpc) is 2.62. The molecule has 166 valence electrons. The fourth-order valence-corrected chi connectivity index (χ4v) is 4.07. The molecule has 0 radical (unpaired) electrons. The molecule has 1 aromatic rings. The molecule has 0 aliphatic carbocycles. The molecule has 0 saturated heterocycles. The summed E-state index contributed by atoms with van der Waals surface area (Å²) in [5, 5.41) is 1.10. The van der Waals surface area contributed by atoms with Crippen molar-refractivity contribution < 1.29 is 14.0 Å². The summed E-state index contributed by atoms with van der Waals surface area (Å²) in [7, 11) is 4.19. The summed E-state index contributed by atoms with van der Waals surface area (Å²) in [6.45, 7) is 6.76. The van der Waals surface area contributed by atoms with E-state index in [9.17, 15) is 4.79 Å². The van der Waals surface area contributed by atoms with Gasteiger partial charge in [0.2, 0.25) is 0 Å². The van der Waals surface area contributed by atoms with Crippen LogP contribution in [0, 0.1) is 0 Å². The van der Waals surface area contributed by atoms with Crippen LogP contribution in [-0.4, -0.2) is 36.7 Å². The Bertz CT molecular complexity index is 617. The van der Waals surface area contributed by atoms with Crippen molar-refractivity contribution in [2.75, 3.05) is 14.1 Å². The first-order chi connectivity index (χ1) is 13.7. The zero-order valence-electron chi connectivity index (χ0n) is 19.0. The van der Waals surface area contributed by atoms with E-state index < -0.39 is 0 Å². The minimum absolute atomic E-state index is 0.103. The van der Waals surface area contributed by atoms with Gasteiger partial charge in [-0.2, -0.15) is 0 Å². The van der Waals surface area contributed by atoms with Crippen LogP contribution in [0.4, 0.5) is 0 Å². The van der Waals surface area contributed by atoms with Gasteiger partial charge in [-0.25, -0.2) is 4.79 Å². The van der Waals surface area contributed by atoms with E-state index >= 15 is 0 Å². The zero-order valence-corrected chi connectivity index (χ0v) is 20.5. The van der Waals surface area contributed by atoms with Crippen LogP contribution in [0.1, 0.15) is 84.1 Å². The van der Waals surface area contributed by atoms with Gasteiger partial charge >= 0.3 is 5.97 Å². The molecular weight excluding hydrogens is 405 g/mol. The lowest BCUT2D eigenvalue weighted by atomic mass is 10.0. The number of likely N-dealkylation sites (N-methyl/N-ethyl adjacent to an activating group) is 1. The minimum Gasteiger partial charge on any atom is -0.459 e. The summed E-state index contributed by atoms with van der Waals surface area (Å²) in [5.41, 5.74) is 1.07. The number of unbranched alkanes of at least 4 members (excludes halogenated alkanes) is 7. The SMILES string of the molecule is CCCCCCCCCCC(C(=O)OC(C)C)[N+](C)(C)Cc1ccc(Cl)c(Cl)c1. The summed E-state index contributed by atoms with van der Waals surface area (Å²) < 4.78 is 6.14. The number of quaternary nitrogens is 1. The first-order valence-electron chi connectivity index (χ1n) is 11.1. The van der Waals surface area contributed by atoms with E-state index in [1.807, 2.05) is 32.0 Å². The Balaban J connectivity index is 2.69. The number of halogens is 2. The summed E-state index contributed by atoms with van der Waals surface area (Å²) in [4.78, 5) is 12.9. The van der Waals surface area contributed by atoms with Crippen LogP contribution < -0.4 is 0 Å². The van der Waals surface area contributed by atoms with Crippen molar-refractivity contribution in [3.8, 4) is 0 Å². The van der Waals surface area contributed by atoms with Crippen molar-refractivity contribution in [3.05, 3.63) is 33.8 Å². The second-order valence-electron chi connectivity index (χ2n) is 8.95. The summed E-state index contributed by atoms with van der Waals surface area (Å²) >= 11 is 12.2. The van der Waals surface area contributed by atoms with Crippen molar-refractivity contribution in [3.63, 3.8) is 0 Å². The highest BCUT2D eigenvalue weighted by atomic mass is 35.5. The van der Waals surface area contributed by atoms with Gasteiger partial charge in [-0.15, -0.1) is 0 Å². The Labute approximate surface area is 188 Å². The third-order valence-corrected chi connectivity index (χ3v) is 6.11. The topological polar surface area (TPSA) is 26.3 Å². The summed E-state index contributed by atoms with van der Waals surface area (Å²) in [6.07, 6.45) is 10.8. The second-order valence-corrected chi connectivity index (χ2v) is 9.76. The molecule has 0 bridgehead atoms. The van der Waals surface area contributed by atoms with E-state index in [-0.39, 0.29) is 18.1 Å². The Morgan fingerprint density at radius 1 is 0.966 bits per heavy atom. The molecule has 5 heteroatoms. The molecule has 0 N–H and O–H groups in total. The monoisotopic (exact) mass is 444 g/mol.